The molecule has 0 saturated heterocycles. The average molecular weight is 321 g/mol. The zero-order valence-corrected chi connectivity index (χ0v) is 12.8. The summed E-state index contributed by atoms with van der Waals surface area (Å²) in [4.78, 5) is 0.997. The molecule has 0 saturated carbocycles. The third kappa shape index (κ3) is 4.78. The van der Waals surface area contributed by atoms with Crippen LogP contribution in [0.3, 0.4) is 0 Å². The molecule has 0 aliphatic rings. The minimum absolute atomic E-state index is 0.0172. The van der Waals surface area contributed by atoms with Crippen molar-refractivity contribution in [1.29, 1.82) is 0 Å². The SMILES string of the molecule is OCCC#Cc1cc(CSc2ccccc2Cl)ccc1F. The number of hydrogen-bond acceptors (Lipinski definition) is 2. The maximum Gasteiger partial charge on any atom is 0.138 e. The fourth-order valence-corrected chi connectivity index (χ4v) is 2.88. The summed E-state index contributed by atoms with van der Waals surface area (Å²) in [5, 5.41) is 9.41. The van der Waals surface area contributed by atoms with Gasteiger partial charge in [-0.05, 0) is 29.8 Å². The number of aliphatic hydroxyl groups is 1. The minimum atomic E-state index is -0.341. The van der Waals surface area contributed by atoms with Crippen LogP contribution in [0.1, 0.15) is 17.5 Å². The number of rotatable bonds is 4. The number of benzene rings is 2. The molecule has 0 amide bonds. The number of halogens is 2. The van der Waals surface area contributed by atoms with Gasteiger partial charge >= 0.3 is 0 Å². The molecular formula is C17H14ClFOS. The van der Waals surface area contributed by atoms with Crippen molar-refractivity contribution in [2.75, 3.05) is 6.61 Å². The molecule has 1 nitrogen and oxygen atoms in total. The molecule has 0 bridgehead atoms. The van der Waals surface area contributed by atoms with E-state index in [-0.39, 0.29) is 12.4 Å². The van der Waals surface area contributed by atoms with Gasteiger partial charge in [-0.1, -0.05) is 41.6 Å². The molecule has 0 aromatic heterocycles. The van der Waals surface area contributed by atoms with E-state index in [0.29, 0.717) is 22.8 Å². The smallest absolute Gasteiger partial charge is 0.138 e. The molecule has 0 radical (unpaired) electrons. The zero-order chi connectivity index (χ0) is 15.1. The molecule has 4 heteroatoms. The number of hydrogen-bond donors (Lipinski definition) is 1. The largest absolute Gasteiger partial charge is 0.395 e. The van der Waals surface area contributed by atoms with Crippen LogP contribution >= 0.6 is 23.4 Å². The zero-order valence-electron chi connectivity index (χ0n) is 11.3. The lowest BCUT2D eigenvalue weighted by Gasteiger charge is -2.05. The van der Waals surface area contributed by atoms with Gasteiger partial charge in [0.25, 0.3) is 0 Å². The van der Waals surface area contributed by atoms with E-state index in [2.05, 4.69) is 11.8 Å². The fourth-order valence-electron chi connectivity index (χ4n) is 1.69. The predicted molar refractivity (Wildman–Crippen MR) is 86.0 cm³/mol. The van der Waals surface area contributed by atoms with E-state index in [1.165, 1.54) is 6.07 Å². The number of thioether (sulfide) groups is 1. The van der Waals surface area contributed by atoms with Gasteiger partial charge in [0.2, 0.25) is 0 Å². The van der Waals surface area contributed by atoms with Gasteiger partial charge in [0, 0.05) is 17.1 Å². The first-order valence-corrected chi connectivity index (χ1v) is 7.82. The second kappa shape index (κ2) is 8.09. The van der Waals surface area contributed by atoms with Crippen LogP contribution in [0.25, 0.3) is 0 Å². The van der Waals surface area contributed by atoms with E-state index in [1.807, 2.05) is 24.3 Å². The summed E-state index contributed by atoms with van der Waals surface area (Å²) in [6.07, 6.45) is 0.345. The second-order valence-electron chi connectivity index (χ2n) is 4.31. The van der Waals surface area contributed by atoms with Crippen LogP contribution in [0, 0.1) is 17.7 Å². The van der Waals surface area contributed by atoms with Crippen LogP contribution in [-0.2, 0) is 5.75 Å². The lowest BCUT2D eigenvalue weighted by atomic mass is 10.1. The lowest BCUT2D eigenvalue weighted by Crippen LogP contribution is -1.88. The first-order chi connectivity index (χ1) is 10.2. The van der Waals surface area contributed by atoms with Gasteiger partial charge in [0.1, 0.15) is 5.82 Å². The Labute approximate surface area is 133 Å². The molecule has 21 heavy (non-hydrogen) atoms. The Morgan fingerprint density at radius 1 is 1.19 bits per heavy atom. The standard InChI is InChI=1S/C17H14ClFOS/c18-15-6-1-2-7-17(15)21-12-13-8-9-16(19)14(11-13)5-3-4-10-20/h1-2,6-9,11,20H,4,10,12H2. The van der Waals surface area contributed by atoms with Crippen molar-refractivity contribution in [2.45, 2.75) is 17.1 Å². The van der Waals surface area contributed by atoms with E-state index >= 15 is 0 Å². The third-order valence-corrected chi connectivity index (χ3v) is 4.31. The van der Waals surface area contributed by atoms with Crippen LogP contribution in [0.4, 0.5) is 4.39 Å². The van der Waals surface area contributed by atoms with E-state index in [0.717, 1.165) is 10.5 Å². The maximum absolute atomic E-state index is 13.6. The molecule has 0 atom stereocenters. The fraction of sp³-hybridized carbons (Fsp3) is 0.176. The summed E-state index contributed by atoms with van der Waals surface area (Å²) in [7, 11) is 0. The van der Waals surface area contributed by atoms with E-state index in [1.54, 1.807) is 23.9 Å². The average Bonchev–Trinajstić information content (AvgIpc) is 2.49. The summed E-state index contributed by atoms with van der Waals surface area (Å²) < 4.78 is 13.6. The first-order valence-electron chi connectivity index (χ1n) is 6.46. The van der Waals surface area contributed by atoms with E-state index in [4.69, 9.17) is 16.7 Å². The highest BCUT2D eigenvalue weighted by Gasteiger charge is 2.04. The van der Waals surface area contributed by atoms with Crippen molar-refractivity contribution in [2.24, 2.45) is 0 Å². The molecular weight excluding hydrogens is 307 g/mol. The van der Waals surface area contributed by atoms with Crippen LogP contribution in [0.15, 0.2) is 47.4 Å². The van der Waals surface area contributed by atoms with Crippen molar-refractivity contribution in [1.82, 2.24) is 0 Å². The molecule has 0 unspecified atom stereocenters. The molecule has 2 aromatic rings. The van der Waals surface area contributed by atoms with Crippen molar-refractivity contribution in [3.05, 3.63) is 64.4 Å². The Bertz CT molecular complexity index is 676. The molecule has 0 fully saturated rings. The van der Waals surface area contributed by atoms with Crippen molar-refractivity contribution >= 4 is 23.4 Å². The van der Waals surface area contributed by atoms with Gasteiger partial charge in [-0.25, -0.2) is 4.39 Å². The Kier molecular flexibility index (Phi) is 6.13. The molecule has 0 spiro atoms. The predicted octanol–water partition coefficient (Wildman–Crippen LogP) is 4.51. The highest BCUT2D eigenvalue weighted by Crippen LogP contribution is 2.29. The highest BCUT2D eigenvalue weighted by molar-refractivity contribution is 7.98. The Balaban J connectivity index is 2.09. The molecule has 2 rings (SSSR count). The van der Waals surface area contributed by atoms with E-state index < -0.39 is 0 Å². The summed E-state index contributed by atoms with van der Waals surface area (Å²) >= 11 is 7.71. The normalized spacial score (nSPS) is 10.0. The Morgan fingerprint density at radius 3 is 2.76 bits per heavy atom. The Morgan fingerprint density at radius 2 is 2.00 bits per heavy atom. The molecule has 108 valence electrons. The van der Waals surface area contributed by atoms with E-state index in [9.17, 15) is 4.39 Å². The van der Waals surface area contributed by atoms with Crippen molar-refractivity contribution < 1.29 is 9.50 Å². The van der Waals surface area contributed by atoms with Crippen molar-refractivity contribution in [3.8, 4) is 11.8 Å². The quantitative estimate of drug-likeness (QED) is 0.661. The third-order valence-electron chi connectivity index (χ3n) is 2.72. The van der Waals surface area contributed by atoms with Crippen LogP contribution in [-0.4, -0.2) is 11.7 Å². The number of aliphatic hydroxyl groups excluding tert-OH is 1. The Hall–Kier alpha value is -1.47. The summed E-state index contributed by atoms with van der Waals surface area (Å²) in [6.45, 7) is -0.0172. The summed E-state index contributed by atoms with van der Waals surface area (Å²) in [5.74, 6) is 5.83. The summed E-state index contributed by atoms with van der Waals surface area (Å²) in [5.41, 5.74) is 1.34. The van der Waals surface area contributed by atoms with Gasteiger partial charge in [-0.3, -0.25) is 0 Å². The molecule has 0 aliphatic heterocycles. The van der Waals surface area contributed by atoms with Gasteiger partial charge < -0.3 is 5.11 Å². The van der Waals surface area contributed by atoms with Gasteiger partial charge in [0.05, 0.1) is 17.2 Å². The van der Waals surface area contributed by atoms with Crippen LogP contribution < -0.4 is 0 Å². The van der Waals surface area contributed by atoms with Gasteiger partial charge in [0.15, 0.2) is 0 Å². The maximum atomic E-state index is 13.6. The first kappa shape index (κ1) is 15.9. The molecule has 2 aromatic carbocycles. The summed E-state index contributed by atoms with van der Waals surface area (Å²) in [6, 6.07) is 12.5. The topological polar surface area (TPSA) is 20.2 Å². The monoisotopic (exact) mass is 320 g/mol. The van der Waals surface area contributed by atoms with Crippen LogP contribution in [0.5, 0.6) is 0 Å². The van der Waals surface area contributed by atoms with Crippen molar-refractivity contribution in [3.63, 3.8) is 0 Å². The van der Waals surface area contributed by atoms with Gasteiger partial charge in [-0.15, -0.1) is 11.8 Å². The lowest BCUT2D eigenvalue weighted by molar-refractivity contribution is 0.305. The molecule has 0 heterocycles. The molecule has 0 aliphatic carbocycles. The highest BCUT2D eigenvalue weighted by atomic mass is 35.5. The minimum Gasteiger partial charge on any atom is -0.395 e. The molecule has 1 N–H and O–H groups in total. The van der Waals surface area contributed by atoms with Gasteiger partial charge in [-0.2, -0.15) is 0 Å². The second-order valence-corrected chi connectivity index (χ2v) is 5.73. The van der Waals surface area contributed by atoms with Crippen LogP contribution in [0.2, 0.25) is 5.02 Å².